The molecular weight excluding hydrogens is 278 g/mol. The van der Waals surface area contributed by atoms with Gasteiger partial charge in [0.15, 0.2) is 0 Å². The summed E-state index contributed by atoms with van der Waals surface area (Å²) in [6.45, 7) is 3.40. The van der Waals surface area contributed by atoms with Crippen molar-refractivity contribution in [3.05, 3.63) is 53.7 Å². The topological polar surface area (TPSA) is 58.4 Å². The van der Waals surface area contributed by atoms with E-state index in [0.29, 0.717) is 13.0 Å². The Morgan fingerprint density at radius 1 is 1.32 bits per heavy atom. The number of furan rings is 1. The zero-order chi connectivity index (χ0) is 15.5. The van der Waals surface area contributed by atoms with E-state index in [2.05, 4.69) is 10.3 Å². The maximum atomic E-state index is 12.1. The molecule has 3 rings (SSSR count). The second-order valence-corrected chi connectivity index (χ2v) is 5.84. The third-order valence-corrected chi connectivity index (χ3v) is 4.24. The minimum atomic E-state index is 0.112. The molecule has 2 aromatic rings. The molecule has 1 aliphatic rings. The Kier molecular flexibility index (Phi) is 4.24. The Hall–Kier alpha value is -2.14. The molecule has 5 heteroatoms. The summed E-state index contributed by atoms with van der Waals surface area (Å²) in [6, 6.07) is 8.03. The number of carbonyl (C=O) groups excluding carboxylic acids is 1. The molecule has 0 saturated carbocycles. The third kappa shape index (κ3) is 3.04. The third-order valence-electron chi connectivity index (χ3n) is 4.24. The van der Waals surface area contributed by atoms with Gasteiger partial charge in [0.1, 0.15) is 11.5 Å². The van der Waals surface area contributed by atoms with E-state index >= 15 is 0 Å². The fraction of sp³-hybridized carbons (Fsp3) is 0.412. The molecule has 2 atom stereocenters. The highest BCUT2D eigenvalue weighted by molar-refractivity contribution is 5.79. The summed E-state index contributed by atoms with van der Waals surface area (Å²) in [4.78, 5) is 18.0. The van der Waals surface area contributed by atoms with Gasteiger partial charge in [0.05, 0.1) is 12.6 Å². The first-order valence-electron chi connectivity index (χ1n) is 7.57. The van der Waals surface area contributed by atoms with Gasteiger partial charge in [-0.25, -0.2) is 0 Å². The first kappa shape index (κ1) is 14.8. The number of pyridine rings is 1. The molecule has 22 heavy (non-hydrogen) atoms. The van der Waals surface area contributed by atoms with Crippen LogP contribution in [0.3, 0.4) is 0 Å². The molecule has 1 amide bonds. The number of nitrogens with zero attached hydrogens (tertiary/aromatic N) is 2. The van der Waals surface area contributed by atoms with Gasteiger partial charge in [0.2, 0.25) is 5.91 Å². The predicted molar refractivity (Wildman–Crippen MR) is 83.0 cm³/mol. The van der Waals surface area contributed by atoms with Crippen molar-refractivity contribution in [2.45, 2.75) is 25.9 Å². The van der Waals surface area contributed by atoms with Gasteiger partial charge in [-0.1, -0.05) is 0 Å². The van der Waals surface area contributed by atoms with Gasteiger partial charge in [-0.2, -0.15) is 0 Å². The average Bonchev–Trinajstić information content (AvgIpc) is 3.05. The number of carbonyl (C=O) groups is 1. The lowest BCUT2D eigenvalue weighted by Crippen LogP contribution is -2.29. The molecule has 2 aromatic heterocycles. The molecule has 1 N–H and O–H groups in total. The zero-order valence-corrected chi connectivity index (χ0v) is 13.0. The van der Waals surface area contributed by atoms with Gasteiger partial charge >= 0.3 is 0 Å². The van der Waals surface area contributed by atoms with E-state index in [1.807, 2.05) is 43.1 Å². The molecule has 0 aliphatic carbocycles. The number of amides is 1. The smallest absolute Gasteiger partial charge is 0.223 e. The minimum absolute atomic E-state index is 0.112. The first-order valence-corrected chi connectivity index (χ1v) is 7.57. The van der Waals surface area contributed by atoms with E-state index in [1.165, 1.54) is 0 Å². The number of hydrogen-bond donors (Lipinski definition) is 1. The maximum Gasteiger partial charge on any atom is 0.223 e. The van der Waals surface area contributed by atoms with E-state index in [4.69, 9.17) is 4.42 Å². The van der Waals surface area contributed by atoms with Gasteiger partial charge in [-0.05, 0) is 36.8 Å². The van der Waals surface area contributed by atoms with Crippen LogP contribution in [0, 0.1) is 12.8 Å². The first-order chi connectivity index (χ1) is 10.6. The molecular formula is C17H21N3O2. The highest BCUT2D eigenvalue weighted by atomic mass is 16.3. The van der Waals surface area contributed by atoms with Crippen LogP contribution in [0.25, 0.3) is 0 Å². The number of aryl methyl sites for hydroxylation is 1. The molecule has 1 fully saturated rings. The van der Waals surface area contributed by atoms with Crippen LogP contribution >= 0.6 is 0 Å². The number of nitrogens with one attached hydrogen (secondary N) is 1. The van der Waals surface area contributed by atoms with Gasteiger partial charge in [0.25, 0.3) is 0 Å². The van der Waals surface area contributed by atoms with E-state index in [-0.39, 0.29) is 17.9 Å². The fourth-order valence-corrected chi connectivity index (χ4v) is 3.15. The standard InChI is InChI=1S/C17H21N3O2/c1-12-3-4-15(22-12)11-19-10-14-9-16(21)20(2)17(14)13-5-7-18-8-6-13/h3-8,14,17,19H,9-11H2,1-2H3/t14-,17-/m0/s1. The lowest BCUT2D eigenvalue weighted by molar-refractivity contribution is -0.127. The molecule has 116 valence electrons. The van der Waals surface area contributed by atoms with Crippen LogP contribution in [0.2, 0.25) is 0 Å². The Labute approximate surface area is 130 Å². The second kappa shape index (κ2) is 6.32. The molecule has 1 aliphatic heterocycles. The number of aromatic nitrogens is 1. The minimum Gasteiger partial charge on any atom is -0.465 e. The van der Waals surface area contributed by atoms with Crippen molar-refractivity contribution in [3.8, 4) is 0 Å². The second-order valence-electron chi connectivity index (χ2n) is 5.84. The van der Waals surface area contributed by atoms with E-state index in [0.717, 1.165) is 23.6 Å². The molecule has 3 heterocycles. The van der Waals surface area contributed by atoms with Gasteiger partial charge in [-0.15, -0.1) is 0 Å². The zero-order valence-electron chi connectivity index (χ0n) is 13.0. The predicted octanol–water partition coefficient (Wildman–Crippen LogP) is 2.29. The lowest BCUT2D eigenvalue weighted by Gasteiger charge is -2.25. The monoisotopic (exact) mass is 299 g/mol. The maximum absolute atomic E-state index is 12.1. The van der Waals surface area contributed by atoms with Crippen molar-refractivity contribution in [2.24, 2.45) is 5.92 Å². The molecule has 1 saturated heterocycles. The number of likely N-dealkylation sites (tertiary alicyclic amines) is 1. The summed E-state index contributed by atoms with van der Waals surface area (Å²) in [5.41, 5.74) is 1.14. The van der Waals surface area contributed by atoms with E-state index in [1.54, 1.807) is 12.4 Å². The van der Waals surface area contributed by atoms with E-state index < -0.39 is 0 Å². The summed E-state index contributed by atoms with van der Waals surface area (Å²) in [6.07, 6.45) is 4.14. The highest BCUT2D eigenvalue weighted by Gasteiger charge is 2.37. The Balaban J connectivity index is 1.65. The van der Waals surface area contributed by atoms with Crippen molar-refractivity contribution in [1.82, 2.24) is 15.2 Å². The SMILES string of the molecule is Cc1ccc(CNC[C@@H]2CC(=O)N(C)[C@H]2c2ccncc2)o1. The molecule has 0 radical (unpaired) electrons. The summed E-state index contributed by atoms with van der Waals surface area (Å²) in [5.74, 6) is 2.30. The van der Waals surface area contributed by atoms with Crippen molar-refractivity contribution in [2.75, 3.05) is 13.6 Å². The van der Waals surface area contributed by atoms with Crippen LogP contribution in [-0.2, 0) is 11.3 Å². The largest absolute Gasteiger partial charge is 0.465 e. The van der Waals surface area contributed by atoms with Crippen molar-refractivity contribution < 1.29 is 9.21 Å². The van der Waals surface area contributed by atoms with Crippen LogP contribution in [0.1, 0.15) is 29.5 Å². The number of hydrogen-bond acceptors (Lipinski definition) is 4. The van der Waals surface area contributed by atoms with Gasteiger partial charge in [0, 0.05) is 38.3 Å². The summed E-state index contributed by atoms with van der Waals surface area (Å²) >= 11 is 0. The molecule has 5 nitrogen and oxygen atoms in total. The van der Waals surface area contributed by atoms with E-state index in [9.17, 15) is 4.79 Å². The normalized spacial score (nSPS) is 21.5. The van der Waals surface area contributed by atoms with Crippen LogP contribution in [0.5, 0.6) is 0 Å². The highest BCUT2D eigenvalue weighted by Crippen LogP contribution is 2.36. The Morgan fingerprint density at radius 2 is 2.09 bits per heavy atom. The summed E-state index contributed by atoms with van der Waals surface area (Å²) < 4.78 is 5.55. The fourth-order valence-electron chi connectivity index (χ4n) is 3.15. The van der Waals surface area contributed by atoms with Gasteiger partial charge in [-0.3, -0.25) is 9.78 Å². The quantitative estimate of drug-likeness (QED) is 0.920. The Bertz CT molecular complexity index is 638. The van der Waals surface area contributed by atoms with Crippen LogP contribution in [0.4, 0.5) is 0 Å². The van der Waals surface area contributed by atoms with Crippen LogP contribution in [-0.4, -0.2) is 29.4 Å². The van der Waals surface area contributed by atoms with Crippen molar-refractivity contribution >= 4 is 5.91 Å². The van der Waals surface area contributed by atoms with Crippen molar-refractivity contribution in [1.29, 1.82) is 0 Å². The summed E-state index contributed by atoms with van der Waals surface area (Å²) in [7, 11) is 1.88. The molecule has 0 aromatic carbocycles. The molecule has 0 bridgehead atoms. The summed E-state index contributed by atoms with van der Waals surface area (Å²) in [5, 5.41) is 3.41. The molecule has 0 unspecified atom stereocenters. The van der Waals surface area contributed by atoms with Crippen LogP contribution in [0.15, 0.2) is 41.1 Å². The van der Waals surface area contributed by atoms with Crippen LogP contribution < -0.4 is 5.32 Å². The molecule has 0 spiro atoms. The average molecular weight is 299 g/mol. The Morgan fingerprint density at radius 3 is 2.77 bits per heavy atom. The van der Waals surface area contributed by atoms with Crippen molar-refractivity contribution in [3.63, 3.8) is 0 Å². The lowest BCUT2D eigenvalue weighted by atomic mass is 9.94. The number of rotatable bonds is 5. The van der Waals surface area contributed by atoms with Gasteiger partial charge < -0.3 is 14.6 Å².